The fourth-order valence-electron chi connectivity index (χ4n) is 4.43. The first-order valence-electron chi connectivity index (χ1n) is 8.75. The van der Waals surface area contributed by atoms with Crippen molar-refractivity contribution in [3.8, 4) is 0 Å². The Labute approximate surface area is 152 Å². The number of aromatic nitrogens is 1. The molecule has 0 aliphatic heterocycles. The molecule has 1 heterocycles. The summed E-state index contributed by atoms with van der Waals surface area (Å²) in [5.74, 6) is -0.850. The first-order chi connectivity index (χ1) is 11.9. The van der Waals surface area contributed by atoms with E-state index in [0.717, 1.165) is 19.3 Å². The molecule has 0 saturated heterocycles. The van der Waals surface area contributed by atoms with Gasteiger partial charge in [0.2, 0.25) is 5.91 Å². The number of rotatable bonds is 5. The first kappa shape index (κ1) is 18.1. The zero-order chi connectivity index (χ0) is 18.2. The number of hydrogen-bond acceptors (Lipinski definition) is 4. The molecule has 2 fully saturated rings. The third kappa shape index (κ3) is 3.02. The summed E-state index contributed by atoms with van der Waals surface area (Å²) in [6, 6.07) is 1.53. The van der Waals surface area contributed by atoms with Crippen molar-refractivity contribution in [1.82, 2.24) is 9.88 Å². The van der Waals surface area contributed by atoms with Crippen molar-refractivity contribution in [2.75, 3.05) is 13.7 Å². The highest BCUT2D eigenvalue weighted by Gasteiger charge is 2.59. The topological polar surface area (TPSA) is 85.5 Å². The Morgan fingerprint density at radius 1 is 1.44 bits per heavy atom. The Balaban J connectivity index is 1.80. The van der Waals surface area contributed by atoms with E-state index in [1.54, 1.807) is 11.9 Å². The maximum Gasteiger partial charge on any atom is 0.274 e. The largest absolute Gasteiger partial charge is 0.378 e. The lowest BCUT2D eigenvalue weighted by molar-refractivity contribution is -0.152. The fourth-order valence-corrected chi connectivity index (χ4v) is 4.68. The van der Waals surface area contributed by atoms with Gasteiger partial charge in [-0.3, -0.25) is 9.59 Å². The summed E-state index contributed by atoms with van der Waals surface area (Å²) in [6.07, 6.45) is 6.88. The number of carbonyl (C=O) groups excluding carboxylic acids is 2. The van der Waals surface area contributed by atoms with Gasteiger partial charge in [-0.15, -0.1) is 0 Å². The molecule has 1 aromatic rings. The van der Waals surface area contributed by atoms with E-state index in [1.165, 1.54) is 25.1 Å². The highest BCUT2D eigenvalue weighted by atomic mass is 35.5. The predicted octanol–water partition coefficient (Wildman–Crippen LogP) is 2.64. The van der Waals surface area contributed by atoms with Crippen molar-refractivity contribution in [2.45, 2.75) is 51.2 Å². The Kier molecular flexibility index (Phi) is 5.02. The molecule has 0 bridgehead atoms. The molecule has 2 aliphatic rings. The smallest absolute Gasteiger partial charge is 0.274 e. The van der Waals surface area contributed by atoms with Crippen LogP contribution in [0.15, 0.2) is 12.3 Å². The number of ether oxygens (including phenoxy) is 1. The van der Waals surface area contributed by atoms with Crippen molar-refractivity contribution in [1.29, 1.82) is 0 Å². The minimum Gasteiger partial charge on any atom is -0.378 e. The lowest BCUT2D eigenvalue weighted by atomic mass is 9.60. The number of halogens is 1. The second-order valence-electron chi connectivity index (χ2n) is 6.97. The van der Waals surface area contributed by atoms with Gasteiger partial charge in [0.25, 0.3) is 5.91 Å². The predicted molar refractivity (Wildman–Crippen MR) is 94.6 cm³/mol. The second-order valence-corrected chi connectivity index (χ2v) is 7.38. The lowest BCUT2D eigenvalue weighted by Crippen LogP contribution is -2.64. The molecule has 1 spiro atoms. The van der Waals surface area contributed by atoms with Gasteiger partial charge in [-0.05, 0) is 32.3 Å². The zero-order valence-corrected chi connectivity index (χ0v) is 15.4. The highest BCUT2D eigenvalue weighted by Crippen LogP contribution is 2.56. The van der Waals surface area contributed by atoms with Crippen LogP contribution in [0.5, 0.6) is 0 Å². The van der Waals surface area contributed by atoms with Gasteiger partial charge < -0.3 is 15.4 Å². The van der Waals surface area contributed by atoms with Crippen molar-refractivity contribution in [3.05, 3.63) is 28.5 Å². The third-order valence-corrected chi connectivity index (χ3v) is 6.05. The van der Waals surface area contributed by atoms with Crippen molar-refractivity contribution >= 4 is 23.4 Å². The lowest BCUT2D eigenvalue weighted by Gasteiger charge is -2.56. The Morgan fingerprint density at radius 3 is 2.68 bits per heavy atom. The van der Waals surface area contributed by atoms with Crippen LogP contribution in [0.1, 0.15) is 59.9 Å². The quantitative estimate of drug-likeness (QED) is 0.869. The van der Waals surface area contributed by atoms with Gasteiger partial charge >= 0.3 is 0 Å². The van der Waals surface area contributed by atoms with Gasteiger partial charge in [-0.25, -0.2) is 4.98 Å². The molecule has 2 atom stereocenters. The van der Waals surface area contributed by atoms with Gasteiger partial charge in [0.1, 0.15) is 5.69 Å². The monoisotopic (exact) mass is 365 g/mol. The average Bonchev–Trinajstić information content (AvgIpc) is 3.09. The van der Waals surface area contributed by atoms with Crippen LogP contribution in [0, 0.1) is 5.41 Å². The van der Waals surface area contributed by atoms with Crippen LogP contribution in [0.2, 0.25) is 5.02 Å². The van der Waals surface area contributed by atoms with Crippen LogP contribution in [0.4, 0.5) is 0 Å². The molecule has 2 amide bonds. The van der Waals surface area contributed by atoms with Crippen LogP contribution in [0.3, 0.4) is 0 Å². The normalized spacial score (nSPS) is 24.1. The summed E-state index contributed by atoms with van der Waals surface area (Å²) in [6.45, 7) is 2.70. The van der Waals surface area contributed by atoms with E-state index in [1.807, 2.05) is 6.92 Å². The average molecular weight is 366 g/mol. The molecule has 1 aromatic heterocycles. The van der Waals surface area contributed by atoms with Crippen LogP contribution < -0.4 is 5.73 Å². The zero-order valence-electron chi connectivity index (χ0n) is 14.6. The maximum atomic E-state index is 12.9. The van der Waals surface area contributed by atoms with Gasteiger partial charge in [-0.2, -0.15) is 0 Å². The van der Waals surface area contributed by atoms with Crippen LogP contribution in [-0.4, -0.2) is 47.5 Å². The summed E-state index contributed by atoms with van der Waals surface area (Å²) in [5, 5.41) is 0.148. The summed E-state index contributed by atoms with van der Waals surface area (Å²) in [4.78, 5) is 29.9. The van der Waals surface area contributed by atoms with E-state index < -0.39 is 5.91 Å². The number of hydrogen-bond donors (Lipinski definition) is 1. The molecule has 2 saturated carbocycles. The Hall–Kier alpha value is -1.66. The van der Waals surface area contributed by atoms with E-state index >= 15 is 0 Å². The SMILES string of the molecule is CCO[C@@H]1C[C@@H](N(C)C(=O)c2ncc(C(N)=O)cc2Cl)C12CCCC2. The number of nitrogens with zero attached hydrogens (tertiary/aromatic N) is 2. The van der Waals surface area contributed by atoms with Crippen molar-refractivity contribution < 1.29 is 14.3 Å². The molecule has 136 valence electrons. The van der Waals surface area contributed by atoms with Crippen LogP contribution in [-0.2, 0) is 4.74 Å². The summed E-state index contributed by atoms with van der Waals surface area (Å²) < 4.78 is 5.92. The standard InChI is InChI=1S/C18H24ClN3O3/c1-3-25-14-9-13(18(14)6-4-5-7-18)22(2)17(24)15-12(19)8-11(10-21-15)16(20)23/h8,10,13-14H,3-7,9H2,1-2H3,(H2,20,23)/t13-,14-/m1/s1. The number of nitrogens with two attached hydrogens (primary N) is 1. The van der Waals surface area contributed by atoms with E-state index in [2.05, 4.69) is 4.98 Å². The molecule has 2 aliphatic carbocycles. The summed E-state index contributed by atoms with van der Waals surface area (Å²) in [5.41, 5.74) is 5.62. The van der Waals surface area contributed by atoms with Gasteiger partial charge in [-0.1, -0.05) is 24.4 Å². The first-order valence-corrected chi connectivity index (χ1v) is 9.12. The summed E-state index contributed by atoms with van der Waals surface area (Å²) >= 11 is 6.17. The molecule has 0 unspecified atom stereocenters. The minimum absolute atomic E-state index is 0.0556. The molecule has 25 heavy (non-hydrogen) atoms. The maximum absolute atomic E-state index is 12.9. The van der Waals surface area contributed by atoms with Gasteiger partial charge in [0, 0.05) is 31.3 Å². The van der Waals surface area contributed by atoms with Crippen molar-refractivity contribution in [2.24, 2.45) is 11.1 Å². The summed E-state index contributed by atoms with van der Waals surface area (Å²) in [7, 11) is 1.80. The number of pyridine rings is 1. The fraction of sp³-hybridized carbons (Fsp3) is 0.611. The minimum atomic E-state index is -0.620. The molecular formula is C18H24ClN3O3. The third-order valence-electron chi connectivity index (χ3n) is 5.76. The van der Waals surface area contributed by atoms with Crippen molar-refractivity contribution in [3.63, 3.8) is 0 Å². The number of primary amides is 1. The molecule has 3 rings (SSSR count). The van der Waals surface area contributed by atoms with E-state index in [4.69, 9.17) is 22.1 Å². The molecular weight excluding hydrogens is 342 g/mol. The van der Waals surface area contributed by atoms with E-state index in [9.17, 15) is 9.59 Å². The van der Waals surface area contributed by atoms with Gasteiger partial charge in [0.15, 0.2) is 0 Å². The molecule has 0 aromatic carbocycles. The van der Waals surface area contributed by atoms with E-state index in [-0.39, 0.29) is 39.7 Å². The van der Waals surface area contributed by atoms with E-state index in [0.29, 0.717) is 6.61 Å². The second kappa shape index (κ2) is 6.92. The van der Waals surface area contributed by atoms with Crippen LogP contribution >= 0.6 is 11.6 Å². The Bertz CT molecular complexity index is 688. The number of amides is 2. The highest BCUT2D eigenvalue weighted by molar-refractivity contribution is 6.33. The number of carbonyl (C=O) groups is 2. The Morgan fingerprint density at radius 2 is 2.12 bits per heavy atom. The molecule has 2 N–H and O–H groups in total. The van der Waals surface area contributed by atoms with Crippen LogP contribution in [0.25, 0.3) is 0 Å². The van der Waals surface area contributed by atoms with Gasteiger partial charge in [0.05, 0.1) is 16.7 Å². The molecule has 0 radical (unpaired) electrons. The molecule has 7 heteroatoms. The molecule has 6 nitrogen and oxygen atoms in total.